The molecule has 0 spiro atoms. The molecule has 0 saturated heterocycles. The first-order valence-electron chi connectivity index (χ1n) is 6.03. The van der Waals surface area contributed by atoms with Crippen LogP contribution >= 0.6 is 0 Å². The fourth-order valence-electron chi connectivity index (χ4n) is 1.95. The molecule has 0 radical (unpaired) electrons. The minimum atomic E-state index is -0.572. The van der Waals surface area contributed by atoms with Crippen molar-refractivity contribution >= 4 is 0 Å². The summed E-state index contributed by atoms with van der Waals surface area (Å²) in [7, 11) is 0. The molecule has 2 N–H and O–H groups in total. The molecular weight excluding hydrogens is 248 g/mol. The molecule has 0 bridgehead atoms. The second-order valence-corrected chi connectivity index (χ2v) is 4.37. The first-order chi connectivity index (χ1) is 9.09. The first-order valence-corrected chi connectivity index (χ1v) is 6.03. The summed E-state index contributed by atoms with van der Waals surface area (Å²) in [6, 6.07) is 10.2. The second kappa shape index (κ2) is 5.80. The van der Waals surface area contributed by atoms with Gasteiger partial charge in [0.2, 0.25) is 0 Å². The maximum absolute atomic E-state index is 13.6. The molecule has 0 aliphatic carbocycles. The lowest BCUT2D eigenvalue weighted by Gasteiger charge is -2.16. The predicted octanol–water partition coefficient (Wildman–Crippen LogP) is 3.52. The lowest BCUT2D eigenvalue weighted by Crippen LogP contribution is -2.20. The number of benzene rings is 2. The van der Waals surface area contributed by atoms with Gasteiger partial charge in [0, 0.05) is 23.7 Å². The van der Waals surface area contributed by atoms with Crippen LogP contribution in [0.1, 0.15) is 24.1 Å². The highest BCUT2D eigenvalue weighted by atomic mass is 19.1. The minimum Gasteiger partial charge on any atom is -0.508 e. The van der Waals surface area contributed by atoms with Crippen molar-refractivity contribution in [1.82, 2.24) is 5.32 Å². The van der Waals surface area contributed by atoms with Crippen LogP contribution in [0.25, 0.3) is 0 Å². The molecule has 1 unspecified atom stereocenters. The molecule has 2 rings (SSSR count). The largest absolute Gasteiger partial charge is 0.508 e. The quantitative estimate of drug-likeness (QED) is 0.884. The molecule has 100 valence electrons. The zero-order chi connectivity index (χ0) is 13.8. The molecule has 19 heavy (non-hydrogen) atoms. The van der Waals surface area contributed by atoms with Crippen LogP contribution in [0.3, 0.4) is 0 Å². The van der Waals surface area contributed by atoms with Crippen LogP contribution in [0.15, 0.2) is 42.5 Å². The van der Waals surface area contributed by atoms with E-state index in [0.29, 0.717) is 12.1 Å². The van der Waals surface area contributed by atoms with Crippen LogP contribution in [-0.2, 0) is 6.54 Å². The number of phenolic OH excluding ortho intramolecular Hbond substituents is 1. The van der Waals surface area contributed by atoms with Gasteiger partial charge in [-0.25, -0.2) is 8.78 Å². The summed E-state index contributed by atoms with van der Waals surface area (Å²) < 4.78 is 27.2. The van der Waals surface area contributed by atoms with E-state index in [1.165, 1.54) is 18.2 Å². The van der Waals surface area contributed by atoms with E-state index >= 15 is 0 Å². The van der Waals surface area contributed by atoms with Crippen LogP contribution in [0.4, 0.5) is 8.78 Å². The maximum atomic E-state index is 13.6. The van der Waals surface area contributed by atoms with E-state index in [4.69, 9.17) is 0 Å². The fraction of sp³-hybridized carbons (Fsp3) is 0.200. The summed E-state index contributed by atoms with van der Waals surface area (Å²) in [6.45, 7) is 2.02. The number of para-hydroxylation sites is 1. The third kappa shape index (κ3) is 3.09. The maximum Gasteiger partial charge on any atom is 0.130 e. The van der Waals surface area contributed by atoms with Crippen LogP contribution < -0.4 is 5.32 Å². The van der Waals surface area contributed by atoms with E-state index in [1.54, 1.807) is 31.2 Å². The molecule has 4 heteroatoms. The van der Waals surface area contributed by atoms with E-state index in [-0.39, 0.29) is 11.3 Å². The molecule has 2 aromatic carbocycles. The van der Waals surface area contributed by atoms with Crippen molar-refractivity contribution in [2.45, 2.75) is 19.5 Å². The van der Waals surface area contributed by atoms with Crippen molar-refractivity contribution in [1.29, 1.82) is 0 Å². The highest BCUT2D eigenvalue weighted by Crippen LogP contribution is 2.22. The van der Waals surface area contributed by atoms with E-state index in [9.17, 15) is 13.9 Å². The SMILES string of the molecule is CC(NCc1ccccc1O)c1c(F)cccc1F. The fourth-order valence-corrected chi connectivity index (χ4v) is 1.95. The van der Waals surface area contributed by atoms with Crippen molar-refractivity contribution in [3.05, 3.63) is 65.2 Å². The van der Waals surface area contributed by atoms with Gasteiger partial charge in [-0.05, 0) is 25.1 Å². The van der Waals surface area contributed by atoms with Gasteiger partial charge in [-0.1, -0.05) is 24.3 Å². The van der Waals surface area contributed by atoms with Crippen molar-refractivity contribution < 1.29 is 13.9 Å². The summed E-state index contributed by atoms with van der Waals surface area (Å²) in [5.74, 6) is -0.981. The van der Waals surface area contributed by atoms with Gasteiger partial charge in [-0.15, -0.1) is 0 Å². The molecule has 0 aliphatic heterocycles. The molecule has 0 heterocycles. The summed E-state index contributed by atoms with van der Waals surface area (Å²) in [6.07, 6.45) is 0. The smallest absolute Gasteiger partial charge is 0.130 e. The Kier molecular flexibility index (Phi) is 4.12. The Hall–Kier alpha value is -1.94. The molecule has 0 aliphatic rings. The van der Waals surface area contributed by atoms with Gasteiger partial charge in [0.05, 0.1) is 0 Å². The van der Waals surface area contributed by atoms with Gasteiger partial charge in [0.1, 0.15) is 17.4 Å². The number of hydrogen-bond donors (Lipinski definition) is 2. The Morgan fingerprint density at radius 3 is 2.32 bits per heavy atom. The van der Waals surface area contributed by atoms with Crippen molar-refractivity contribution in [2.75, 3.05) is 0 Å². The van der Waals surface area contributed by atoms with Crippen LogP contribution in [-0.4, -0.2) is 5.11 Å². The zero-order valence-electron chi connectivity index (χ0n) is 10.5. The zero-order valence-corrected chi connectivity index (χ0v) is 10.5. The summed E-state index contributed by atoms with van der Waals surface area (Å²) in [5, 5.41) is 12.6. The number of rotatable bonds is 4. The standard InChI is InChI=1S/C15H15F2NO/c1-10(15-12(16)6-4-7-13(15)17)18-9-11-5-2-3-8-14(11)19/h2-8,10,18-19H,9H2,1H3. The van der Waals surface area contributed by atoms with Crippen molar-refractivity contribution in [2.24, 2.45) is 0 Å². The Morgan fingerprint density at radius 1 is 1.05 bits per heavy atom. The number of nitrogens with one attached hydrogen (secondary N) is 1. The van der Waals surface area contributed by atoms with Gasteiger partial charge in [0.25, 0.3) is 0 Å². The third-order valence-corrected chi connectivity index (χ3v) is 3.02. The van der Waals surface area contributed by atoms with Crippen molar-refractivity contribution in [3.8, 4) is 5.75 Å². The Labute approximate surface area is 110 Å². The summed E-state index contributed by atoms with van der Waals surface area (Å²) in [5.41, 5.74) is 0.698. The molecule has 2 aromatic rings. The van der Waals surface area contributed by atoms with E-state index in [1.807, 2.05) is 0 Å². The molecule has 0 fully saturated rings. The highest BCUT2D eigenvalue weighted by Gasteiger charge is 2.15. The van der Waals surface area contributed by atoms with Crippen LogP contribution in [0, 0.1) is 11.6 Å². The van der Waals surface area contributed by atoms with Crippen LogP contribution in [0.2, 0.25) is 0 Å². The number of phenols is 1. The molecule has 0 saturated carbocycles. The average Bonchev–Trinajstić information content (AvgIpc) is 2.37. The molecular formula is C15H15F2NO. The lowest BCUT2D eigenvalue weighted by atomic mass is 10.1. The first kappa shape index (κ1) is 13.5. The summed E-state index contributed by atoms with van der Waals surface area (Å²) >= 11 is 0. The van der Waals surface area contributed by atoms with Gasteiger partial charge in [0.15, 0.2) is 0 Å². The topological polar surface area (TPSA) is 32.3 Å². The van der Waals surface area contributed by atoms with Gasteiger partial charge in [-0.2, -0.15) is 0 Å². The average molecular weight is 263 g/mol. The summed E-state index contributed by atoms with van der Waals surface area (Å²) in [4.78, 5) is 0. The Bertz CT molecular complexity index is 552. The molecule has 0 amide bonds. The van der Waals surface area contributed by atoms with E-state index in [0.717, 1.165) is 0 Å². The van der Waals surface area contributed by atoms with Crippen molar-refractivity contribution in [3.63, 3.8) is 0 Å². The van der Waals surface area contributed by atoms with Crippen LogP contribution in [0.5, 0.6) is 5.75 Å². The van der Waals surface area contributed by atoms with E-state index < -0.39 is 17.7 Å². The van der Waals surface area contributed by atoms with Gasteiger partial charge < -0.3 is 10.4 Å². The Morgan fingerprint density at radius 2 is 1.68 bits per heavy atom. The number of hydrogen-bond acceptors (Lipinski definition) is 2. The highest BCUT2D eigenvalue weighted by molar-refractivity contribution is 5.32. The lowest BCUT2D eigenvalue weighted by molar-refractivity contribution is 0.453. The third-order valence-electron chi connectivity index (χ3n) is 3.02. The van der Waals surface area contributed by atoms with Gasteiger partial charge >= 0.3 is 0 Å². The van der Waals surface area contributed by atoms with Gasteiger partial charge in [-0.3, -0.25) is 0 Å². The van der Waals surface area contributed by atoms with E-state index in [2.05, 4.69) is 5.32 Å². The monoisotopic (exact) mass is 263 g/mol. The Balaban J connectivity index is 2.10. The number of halogens is 2. The second-order valence-electron chi connectivity index (χ2n) is 4.37. The molecule has 2 nitrogen and oxygen atoms in total. The molecule has 0 aromatic heterocycles. The number of aromatic hydroxyl groups is 1. The minimum absolute atomic E-state index is 0.0120. The molecule has 1 atom stereocenters. The normalized spacial score (nSPS) is 12.4. The predicted molar refractivity (Wildman–Crippen MR) is 69.7 cm³/mol.